The van der Waals surface area contributed by atoms with Crippen LogP contribution in [-0.4, -0.2) is 10.1 Å². The van der Waals surface area contributed by atoms with Crippen molar-refractivity contribution in [2.45, 2.75) is 0 Å². The van der Waals surface area contributed by atoms with Crippen LogP contribution in [-0.2, 0) is 0 Å². The number of hydrogen-bond acceptors (Lipinski definition) is 2. The molecule has 0 aliphatic heterocycles. The number of hydrogen-bond donors (Lipinski definition) is 4. The van der Waals surface area contributed by atoms with E-state index in [0.29, 0.717) is 0 Å². The number of aromatic nitrogens is 1. The van der Waals surface area contributed by atoms with Crippen LogP contribution in [0.2, 0.25) is 0 Å². The first kappa shape index (κ1) is 10.3. The van der Waals surface area contributed by atoms with Gasteiger partial charge in [-0.05, 0) is 30.4 Å². The minimum atomic E-state index is 0.208. The van der Waals surface area contributed by atoms with Crippen molar-refractivity contribution in [3.05, 3.63) is 28.9 Å². The van der Waals surface area contributed by atoms with Gasteiger partial charge in [-0.1, -0.05) is 15.9 Å². The molecule has 0 saturated heterocycles. The van der Waals surface area contributed by atoms with Crippen molar-refractivity contribution < 1.29 is 0 Å². The van der Waals surface area contributed by atoms with E-state index in [4.69, 9.17) is 18.0 Å². The number of rotatable bonds is 2. The maximum atomic E-state index is 5.32. The van der Waals surface area contributed by atoms with E-state index in [0.717, 1.165) is 21.1 Å². The molecule has 0 amide bonds. The zero-order valence-electron chi connectivity index (χ0n) is 7.67. The Kier molecular flexibility index (Phi) is 2.79. The summed E-state index contributed by atoms with van der Waals surface area (Å²) in [6, 6.07) is 5.98. The maximum Gasteiger partial charge on any atom is 0.182 e. The lowest BCUT2D eigenvalue weighted by molar-refractivity contribution is 1.13. The smallest absolute Gasteiger partial charge is 0.182 e. The van der Waals surface area contributed by atoms with E-state index < -0.39 is 0 Å². The van der Waals surface area contributed by atoms with E-state index in [1.807, 2.05) is 24.4 Å². The number of hydrazine groups is 1. The van der Waals surface area contributed by atoms with Gasteiger partial charge in [-0.25, -0.2) is 0 Å². The Bertz CT molecular complexity index is 508. The van der Waals surface area contributed by atoms with Gasteiger partial charge in [-0.3, -0.25) is 10.9 Å². The standard InChI is InChI=1S/C9H9BrN4S/c10-5-1-2-7-6(3-5)8(4-12-7)13-14-9(11)15/h1-4,12-13H,(H3,11,14,15). The number of anilines is 1. The van der Waals surface area contributed by atoms with Crippen LogP contribution in [0.3, 0.4) is 0 Å². The van der Waals surface area contributed by atoms with Crippen LogP contribution in [0.5, 0.6) is 0 Å². The van der Waals surface area contributed by atoms with Gasteiger partial charge in [0, 0.05) is 21.6 Å². The van der Waals surface area contributed by atoms with Crippen molar-refractivity contribution in [3.63, 3.8) is 0 Å². The molecule has 15 heavy (non-hydrogen) atoms. The minimum Gasteiger partial charge on any atom is -0.375 e. The summed E-state index contributed by atoms with van der Waals surface area (Å²) in [5.74, 6) is 0. The highest BCUT2D eigenvalue weighted by atomic mass is 79.9. The van der Waals surface area contributed by atoms with Gasteiger partial charge in [0.1, 0.15) is 0 Å². The largest absolute Gasteiger partial charge is 0.375 e. The first-order valence-electron chi connectivity index (χ1n) is 4.25. The molecule has 6 heteroatoms. The number of nitrogens with two attached hydrogens (primary N) is 1. The fourth-order valence-electron chi connectivity index (χ4n) is 1.33. The van der Waals surface area contributed by atoms with E-state index in [1.165, 1.54) is 0 Å². The fraction of sp³-hybridized carbons (Fsp3) is 0. The maximum absolute atomic E-state index is 5.32. The second-order valence-corrected chi connectivity index (χ2v) is 4.36. The minimum absolute atomic E-state index is 0.208. The predicted molar refractivity (Wildman–Crippen MR) is 69.5 cm³/mol. The zero-order chi connectivity index (χ0) is 10.8. The predicted octanol–water partition coefficient (Wildman–Crippen LogP) is 2.09. The lowest BCUT2D eigenvalue weighted by Gasteiger charge is -2.05. The normalized spacial score (nSPS) is 10.2. The van der Waals surface area contributed by atoms with Gasteiger partial charge >= 0.3 is 0 Å². The number of H-pyrrole nitrogens is 1. The Morgan fingerprint density at radius 2 is 2.27 bits per heavy atom. The van der Waals surface area contributed by atoms with Crippen molar-refractivity contribution in [3.8, 4) is 0 Å². The third-order valence-electron chi connectivity index (χ3n) is 1.96. The number of fused-ring (bicyclic) bond motifs is 1. The number of aromatic amines is 1. The summed E-state index contributed by atoms with van der Waals surface area (Å²) in [6.07, 6.45) is 1.85. The summed E-state index contributed by atoms with van der Waals surface area (Å²) in [7, 11) is 0. The van der Waals surface area contributed by atoms with Crippen molar-refractivity contribution in [2.75, 3.05) is 5.43 Å². The number of benzene rings is 1. The summed E-state index contributed by atoms with van der Waals surface area (Å²) in [5.41, 5.74) is 12.9. The molecule has 0 fully saturated rings. The quantitative estimate of drug-likeness (QED) is 0.504. The molecule has 2 rings (SSSR count). The molecule has 0 atom stereocenters. The number of nitrogens with one attached hydrogen (secondary N) is 3. The van der Waals surface area contributed by atoms with E-state index in [1.54, 1.807) is 0 Å². The fourth-order valence-corrected chi connectivity index (χ4v) is 1.74. The van der Waals surface area contributed by atoms with Crippen molar-refractivity contribution in [1.82, 2.24) is 10.4 Å². The third kappa shape index (κ3) is 2.21. The summed E-state index contributed by atoms with van der Waals surface area (Å²) in [4.78, 5) is 3.13. The molecule has 2 aromatic rings. The van der Waals surface area contributed by atoms with Gasteiger partial charge in [0.25, 0.3) is 0 Å². The van der Waals surface area contributed by atoms with E-state index in [9.17, 15) is 0 Å². The van der Waals surface area contributed by atoms with E-state index in [-0.39, 0.29) is 5.11 Å². The Balaban J connectivity index is 2.35. The summed E-state index contributed by atoms with van der Waals surface area (Å²) in [6.45, 7) is 0. The average molecular weight is 285 g/mol. The molecular formula is C9H9BrN4S. The molecule has 0 radical (unpaired) electrons. The summed E-state index contributed by atoms with van der Waals surface area (Å²) < 4.78 is 1.02. The molecule has 0 aliphatic carbocycles. The first-order chi connectivity index (χ1) is 7.16. The molecular weight excluding hydrogens is 276 g/mol. The summed E-state index contributed by atoms with van der Waals surface area (Å²) in [5, 5.41) is 1.27. The van der Waals surface area contributed by atoms with Gasteiger partial charge in [-0.15, -0.1) is 0 Å². The molecule has 0 spiro atoms. The molecule has 0 saturated carbocycles. The van der Waals surface area contributed by atoms with Crippen molar-refractivity contribution >= 4 is 49.9 Å². The van der Waals surface area contributed by atoms with E-state index >= 15 is 0 Å². The zero-order valence-corrected chi connectivity index (χ0v) is 10.1. The molecule has 1 aromatic carbocycles. The Hall–Kier alpha value is -1.27. The Morgan fingerprint density at radius 3 is 3.00 bits per heavy atom. The molecule has 1 heterocycles. The SMILES string of the molecule is NC(=S)NNc1c[nH]c2ccc(Br)cc12. The highest BCUT2D eigenvalue weighted by Crippen LogP contribution is 2.25. The average Bonchev–Trinajstić information content (AvgIpc) is 2.57. The van der Waals surface area contributed by atoms with E-state index in [2.05, 4.69) is 31.8 Å². The monoisotopic (exact) mass is 284 g/mol. The van der Waals surface area contributed by atoms with Crippen LogP contribution in [0, 0.1) is 0 Å². The van der Waals surface area contributed by atoms with Gasteiger partial charge in [0.2, 0.25) is 0 Å². The number of thiocarbonyl (C=S) groups is 1. The summed E-state index contributed by atoms with van der Waals surface area (Å²) >= 11 is 8.12. The van der Waals surface area contributed by atoms with Crippen LogP contribution in [0.15, 0.2) is 28.9 Å². The second kappa shape index (κ2) is 4.08. The second-order valence-electron chi connectivity index (χ2n) is 3.01. The van der Waals surface area contributed by atoms with Gasteiger partial charge in [0.05, 0.1) is 5.69 Å². The Morgan fingerprint density at radius 1 is 1.47 bits per heavy atom. The molecule has 5 N–H and O–H groups in total. The molecule has 1 aromatic heterocycles. The Labute approximate surface area is 100 Å². The van der Waals surface area contributed by atoms with Crippen LogP contribution in [0.25, 0.3) is 10.9 Å². The first-order valence-corrected chi connectivity index (χ1v) is 5.45. The molecule has 78 valence electrons. The van der Waals surface area contributed by atoms with Crippen LogP contribution in [0.4, 0.5) is 5.69 Å². The van der Waals surface area contributed by atoms with Crippen LogP contribution in [0.1, 0.15) is 0 Å². The highest BCUT2D eigenvalue weighted by molar-refractivity contribution is 9.10. The van der Waals surface area contributed by atoms with Gasteiger partial charge in [0.15, 0.2) is 5.11 Å². The lowest BCUT2D eigenvalue weighted by atomic mass is 10.2. The molecule has 0 unspecified atom stereocenters. The number of halogens is 1. The van der Waals surface area contributed by atoms with Crippen molar-refractivity contribution in [2.24, 2.45) is 5.73 Å². The van der Waals surface area contributed by atoms with Gasteiger partial charge in [-0.2, -0.15) is 0 Å². The molecule has 0 bridgehead atoms. The molecule has 0 aliphatic rings. The third-order valence-corrected chi connectivity index (χ3v) is 2.56. The lowest BCUT2D eigenvalue weighted by Crippen LogP contribution is -2.33. The van der Waals surface area contributed by atoms with Gasteiger partial charge < -0.3 is 10.7 Å². The van der Waals surface area contributed by atoms with Crippen LogP contribution < -0.4 is 16.6 Å². The molecule has 4 nitrogen and oxygen atoms in total. The highest BCUT2D eigenvalue weighted by Gasteiger charge is 2.03. The van der Waals surface area contributed by atoms with Crippen LogP contribution >= 0.6 is 28.1 Å². The van der Waals surface area contributed by atoms with Crippen molar-refractivity contribution in [1.29, 1.82) is 0 Å². The topological polar surface area (TPSA) is 65.9 Å².